The molecule has 1 amide bonds. The first kappa shape index (κ1) is 21.0. The number of carbonyl (C=O) groups is 2. The molecule has 2 aromatic carbocycles. The van der Waals surface area contributed by atoms with Gasteiger partial charge in [0.1, 0.15) is 0 Å². The summed E-state index contributed by atoms with van der Waals surface area (Å²) in [6, 6.07) is 12.8. The molecule has 0 spiro atoms. The van der Waals surface area contributed by atoms with Crippen LogP contribution in [0.25, 0.3) is 6.08 Å². The van der Waals surface area contributed by atoms with E-state index in [1.165, 1.54) is 18.7 Å². The molecule has 1 N–H and O–H groups in total. The molecule has 0 unspecified atom stereocenters. The van der Waals surface area contributed by atoms with Gasteiger partial charge in [-0.2, -0.15) is 0 Å². The van der Waals surface area contributed by atoms with Crippen LogP contribution in [-0.4, -0.2) is 32.7 Å². The molecular formula is C22H25NO5. The number of rotatable bonds is 8. The van der Waals surface area contributed by atoms with Crippen molar-refractivity contribution in [1.82, 2.24) is 0 Å². The van der Waals surface area contributed by atoms with Crippen LogP contribution in [0.15, 0.2) is 48.5 Å². The van der Waals surface area contributed by atoms with E-state index >= 15 is 0 Å². The van der Waals surface area contributed by atoms with Gasteiger partial charge in [0.2, 0.25) is 0 Å². The Balaban J connectivity index is 1.84. The Kier molecular flexibility index (Phi) is 7.63. The van der Waals surface area contributed by atoms with Crippen molar-refractivity contribution >= 4 is 23.6 Å². The number of amides is 1. The van der Waals surface area contributed by atoms with E-state index in [2.05, 4.69) is 19.2 Å². The van der Waals surface area contributed by atoms with E-state index in [0.29, 0.717) is 23.1 Å². The molecule has 0 aromatic heterocycles. The van der Waals surface area contributed by atoms with Crippen LogP contribution in [0.2, 0.25) is 0 Å². The van der Waals surface area contributed by atoms with Crippen molar-refractivity contribution in [2.24, 2.45) is 0 Å². The van der Waals surface area contributed by atoms with E-state index in [1.54, 1.807) is 31.4 Å². The Bertz CT molecular complexity index is 841. The number of esters is 1. The van der Waals surface area contributed by atoms with Gasteiger partial charge in [-0.3, -0.25) is 4.79 Å². The Morgan fingerprint density at radius 1 is 1.00 bits per heavy atom. The predicted octanol–water partition coefficient (Wildman–Crippen LogP) is 4.02. The average molecular weight is 383 g/mol. The fourth-order valence-electron chi connectivity index (χ4n) is 2.45. The van der Waals surface area contributed by atoms with Gasteiger partial charge in [0.25, 0.3) is 5.91 Å². The molecule has 28 heavy (non-hydrogen) atoms. The third-order valence-electron chi connectivity index (χ3n) is 4.03. The summed E-state index contributed by atoms with van der Waals surface area (Å²) >= 11 is 0. The Hall–Kier alpha value is -3.28. The van der Waals surface area contributed by atoms with Gasteiger partial charge in [-0.15, -0.1) is 0 Å². The van der Waals surface area contributed by atoms with Crippen molar-refractivity contribution in [3.8, 4) is 11.5 Å². The third kappa shape index (κ3) is 6.16. The molecule has 0 saturated heterocycles. The first-order chi connectivity index (χ1) is 13.4. The van der Waals surface area contributed by atoms with Crippen LogP contribution >= 0.6 is 0 Å². The highest BCUT2D eigenvalue weighted by Gasteiger charge is 2.07. The maximum atomic E-state index is 11.9. The van der Waals surface area contributed by atoms with Crippen LogP contribution in [0.5, 0.6) is 11.5 Å². The molecule has 0 aliphatic rings. The molecule has 0 fully saturated rings. The summed E-state index contributed by atoms with van der Waals surface area (Å²) in [4.78, 5) is 23.7. The number of methoxy groups -OCH3 is 2. The van der Waals surface area contributed by atoms with Gasteiger partial charge >= 0.3 is 5.97 Å². The molecule has 0 aliphatic heterocycles. The summed E-state index contributed by atoms with van der Waals surface area (Å²) in [5, 5.41) is 2.69. The second-order valence-corrected chi connectivity index (χ2v) is 6.38. The highest BCUT2D eigenvalue weighted by atomic mass is 16.5. The van der Waals surface area contributed by atoms with Gasteiger partial charge in [-0.05, 0) is 47.4 Å². The number of anilines is 1. The smallest absolute Gasteiger partial charge is 0.331 e. The normalized spacial score (nSPS) is 10.8. The molecule has 0 radical (unpaired) electrons. The zero-order valence-corrected chi connectivity index (χ0v) is 16.5. The summed E-state index contributed by atoms with van der Waals surface area (Å²) in [6.45, 7) is 3.84. The summed E-state index contributed by atoms with van der Waals surface area (Å²) in [6.07, 6.45) is 2.83. The van der Waals surface area contributed by atoms with E-state index in [1.807, 2.05) is 24.3 Å². The molecule has 148 valence electrons. The molecule has 0 heterocycles. The molecule has 6 nitrogen and oxygen atoms in total. The second-order valence-electron chi connectivity index (χ2n) is 6.38. The van der Waals surface area contributed by atoms with Gasteiger partial charge in [-0.1, -0.05) is 32.0 Å². The van der Waals surface area contributed by atoms with Crippen LogP contribution in [-0.2, 0) is 14.3 Å². The SMILES string of the molecule is COc1ccc(/C=C/C(=O)OCC(=O)Nc2ccc(C(C)C)cc2)cc1OC. The largest absolute Gasteiger partial charge is 0.493 e. The number of hydrogen-bond acceptors (Lipinski definition) is 5. The van der Waals surface area contributed by atoms with Gasteiger partial charge in [-0.25, -0.2) is 4.79 Å². The average Bonchev–Trinajstić information content (AvgIpc) is 2.70. The Labute approximate surface area is 165 Å². The lowest BCUT2D eigenvalue weighted by molar-refractivity contribution is -0.142. The fourth-order valence-corrected chi connectivity index (χ4v) is 2.45. The fraction of sp³-hybridized carbons (Fsp3) is 0.273. The summed E-state index contributed by atoms with van der Waals surface area (Å²) in [5.74, 6) is 0.564. The van der Waals surface area contributed by atoms with Gasteiger partial charge in [0.05, 0.1) is 14.2 Å². The minimum absolute atomic E-state index is 0.360. The monoisotopic (exact) mass is 383 g/mol. The Morgan fingerprint density at radius 3 is 2.29 bits per heavy atom. The van der Waals surface area contributed by atoms with Crippen molar-refractivity contribution in [1.29, 1.82) is 0 Å². The lowest BCUT2D eigenvalue weighted by atomic mass is 10.0. The van der Waals surface area contributed by atoms with Crippen LogP contribution < -0.4 is 14.8 Å². The maximum Gasteiger partial charge on any atom is 0.331 e. The van der Waals surface area contributed by atoms with Crippen LogP contribution in [0, 0.1) is 0 Å². The first-order valence-corrected chi connectivity index (χ1v) is 8.89. The lowest BCUT2D eigenvalue weighted by Gasteiger charge is -2.08. The van der Waals surface area contributed by atoms with Crippen LogP contribution in [0.1, 0.15) is 30.9 Å². The van der Waals surface area contributed by atoms with E-state index in [-0.39, 0.29) is 6.61 Å². The predicted molar refractivity (Wildman–Crippen MR) is 109 cm³/mol. The van der Waals surface area contributed by atoms with Gasteiger partial charge < -0.3 is 19.5 Å². The molecule has 0 saturated carbocycles. The van der Waals surface area contributed by atoms with E-state index in [0.717, 1.165) is 5.56 Å². The highest BCUT2D eigenvalue weighted by Crippen LogP contribution is 2.27. The number of nitrogens with one attached hydrogen (secondary N) is 1. The molecule has 0 atom stereocenters. The molecule has 0 aliphatic carbocycles. The van der Waals surface area contributed by atoms with E-state index in [4.69, 9.17) is 14.2 Å². The van der Waals surface area contributed by atoms with Crippen LogP contribution in [0.4, 0.5) is 5.69 Å². The lowest BCUT2D eigenvalue weighted by Crippen LogP contribution is -2.20. The van der Waals surface area contributed by atoms with Crippen molar-refractivity contribution in [3.05, 3.63) is 59.7 Å². The summed E-state index contributed by atoms with van der Waals surface area (Å²) in [5.41, 5.74) is 2.58. The quantitative estimate of drug-likeness (QED) is 0.550. The van der Waals surface area contributed by atoms with Gasteiger partial charge in [0.15, 0.2) is 18.1 Å². The second kappa shape index (κ2) is 10.2. The van der Waals surface area contributed by atoms with Crippen molar-refractivity contribution in [2.45, 2.75) is 19.8 Å². The zero-order chi connectivity index (χ0) is 20.5. The van der Waals surface area contributed by atoms with Gasteiger partial charge in [0, 0.05) is 11.8 Å². The topological polar surface area (TPSA) is 73.9 Å². The van der Waals surface area contributed by atoms with Crippen molar-refractivity contribution in [2.75, 3.05) is 26.1 Å². The Morgan fingerprint density at radius 2 is 1.68 bits per heavy atom. The third-order valence-corrected chi connectivity index (χ3v) is 4.03. The summed E-state index contributed by atoms with van der Waals surface area (Å²) in [7, 11) is 3.09. The standard InChI is InChI=1S/C22H25NO5/c1-15(2)17-7-9-18(10-8-17)23-21(24)14-28-22(25)12-6-16-5-11-19(26-3)20(13-16)27-4/h5-13,15H,14H2,1-4H3,(H,23,24)/b12-6+. The maximum absolute atomic E-state index is 11.9. The van der Waals surface area contributed by atoms with E-state index in [9.17, 15) is 9.59 Å². The number of benzene rings is 2. The minimum atomic E-state index is -0.611. The molecule has 2 rings (SSSR count). The van der Waals surface area contributed by atoms with Crippen molar-refractivity contribution in [3.63, 3.8) is 0 Å². The minimum Gasteiger partial charge on any atom is -0.493 e. The number of carbonyl (C=O) groups excluding carboxylic acids is 2. The summed E-state index contributed by atoms with van der Waals surface area (Å²) < 4.78 is 15.3. The highest BCUT2D eigenvalue weighted by molar-refractivity contribution is 5.94. The molecule has 0 bridgehead atoms. The molecular weight excluding hydrogens is 358 g/mol. The molecule has 2 aromatic rings. The number of ether oxygens (including phenoxy) is 3. The first-order valence-electron chi connectivity index (χ1n) is 8.89. The van der Waals surface area contributed by atoms with Crippen LogP contribution in [0.3, 0.4) is 0 Å². The molecule has 6 heteroatoms. The zero-order valence-electron chi connectivity index (χ0n) is 16.5. The van der Waals surface area contributed by atoms with E-state index < -0.39 is 11.9 Å². The number of hydrogen-bond donors (Lipinski definition) is 1. The van der Waals surface area contributed by atoms with Crippen molar-refractivity contribution < 1.29 is 23.8 Å².